The second kappa shape index (κ2) is 11.4. The molecule has 0 aliphatic rings. The van der Waals surface area contributed by atoms with E-state index in [-0.39, 0.29) is 34.7 Å². The Morgan fingerprint density at radius 3 is 2.60 bits per heavy atom. The minimum Gasteiger partial charge on any atom is -0.486 e. The molecule has 0 radical (unpaired) electrons. The lowest BCUT2D eigenvalue weighted by Crippen LogP contribution is -2.21. The van der Waals surface area contributed by atoms with Gasteiger partial charge in [-0.1, -0.05) is 23.9 Å². The highest BCUT2D eigenvalue weighted by atomic mass is 32.2. The number of aromatic nitrogens is 3. The second-order valence-electron chi connectivity index (χ2n) is 7.85. The molecule has 1 N–H and O–H groups in total. The van der Waals surface area contributed by atoms with Crippen LogP contribution in [-0.4, -0.2) is 64.4 Å². The summed E-state index contributed by atoms with van der Waals surface area (Å²) < 4.78 is 12.4. The third-order valence-corrected chi connectivity index (χ3v) is 7.22. The van der Waals surface area contributed by atoms with Crippen molar-refractivity contribution >= 4 is 45.9 Å². The molecule has 0 atom stereocenters. The lowest BCUT2D eigenvalue weighted by molar-refractivity contribution is -0.113. The van der Waals surface area contributed by atoms with Crippen LogP contribution >= 0.6 is 23.1 Å². The first-order chi connectivity index (χ1) is 16.6. The number of benzene rings is 1. The predicted octanol–water partition coefficient (Wildman–Crippen LogP) is 3.29. The second-order valence-corrected chi connectivity index (χ2v) is 9.81. The third-order valence-electron chi connectivity index (χ3n) is 5.00. The van der Waals surface area contributed by atoms with Gasteiger partial charge in [0.25, 0.3) is 5.91 Å². The maximum absolute atomic E-state index is 12.7. The van der Waals surface area contributed by atoms with Gasteiger partial charge in [-0.25, -0.2) is 4.79 Å². The zero-order valence-corrected chi connectivity index (χ0v) is 22.0. The summed E-state index contributed by atoms with van der Waals surface area (Å²) in [7, 11) is 6.29. The van der Waals surface area contributed by atoms with Crippen LogP contribution in [0.4, 0.5) is 5.00 Å². The SMILES string of the molecule is COC(=O)c1c(NC(=O)CSc2nnc(COc3cccc(C)c3)n2C)sc(C(=O)N(C)C)c1C. The molecule has 35 heavy (non-hydrogen) atoms. The van der Waals surface area contributed by atoms with Gasteiger partial charge in [-0.3, -0.25) is 9.59 Å². The summed E-state index contributed by atoms with van der Waals surface area (Å²) in [6.07, 6.45) is 0. The number of amides is 2. The van der Waals surface area contributed by atoms with Crippen LogP contribution in [0.2, 0.25) is 0 Å². The van der Waals surface area contributed by atoms with Gasteiger partial charge in [0.1, 0.15) is 17.4 Å². The van der Waals surface area contributed by atoms with Crippen molar-refractivity contribution < 1.29 is 23.9 Å². The Hall–Kier alpha value is -3.38. The summed E-state index contributed by atoms with van der Waals surface area (Å²) in [5.74, 6) is 0.146. The summed E-state index contributed by atoms with van der Waals surface area (Å²) in [5.41, 5.74) is 1.74. The zero-order valence-electron chi connectivity index (χ0n) is 20.4. The van der Waals surface area contributed by atoms with Crippen molar-refractivity contribution in [1.29, 1.82) is 0 Å². The molecule has 10 nitrogen and oxygen atoms in total. The normalized spacial score (nSPS) is 10.7. The van der Waals surface area contributed by atoms with E-state index < -0.39 is 5.97 Å². The summed E-state index contributed by atoms with van der Waals surface area (Å²) in [5, 5.41) is 11.8. The number of hydrogen-bond donors (Lipinski definition) is 1. The van der Waals surface area contributed by atoms with Crippen LogP contribution in [0.3, 0.4) is 0 Å². The van der Waals surface area contributed by atoms with E-state index in [1.54, 1.807) is 32.6 Å². The minimum atomic E-state index is -0.619. The highest BCUT2D eigenvalue weighted by molar-refractivity contribution is 7.99. The van der Waals surface area contributed by atoms with E-state index in [0.717, 1.165) is 22.6 Å². The van der Waals surface area contributed by atoms with Crippen LogP contribution in [0.1, 0.15) is 37.0 Å². The fourth-order valence-electron chi connectivity index (χ4n) is 3.10. The van der Waals surface area contributed by atoms with Crippen molar-refractivity contribution in [2.45, 2.75) is 25.6 Å². The van der Waals surface area contributed by atoms with E-state index in [0.29, 0.717) is 21.4 Å². The van der Waals surface area contributed by atoms with Gasteiger partial charge in [-0.05, 0) is 37.1 Å². The number of thioether (sulfide) groups is 1. The number of rotatable bonds is 9. The summed E-state index contributed by atoms with van der Waals surface area (Å²) in [4.78, 5) is 39.3. The molecule has 0 saturated heterocycles. The van der Waals surface area contributed by atoms with E-state index in [1.807, 2.05) is 31.2 Å². The van der Waals surface area contributed by atoms with Crippen LogP contribution in [0.5, 0.6) is 5.75 Å². The van der Waals surface area contributed by atoms with Crippen molar-refractivity contribution in [3.63, 3.8) is 0 Å². The molecule has 0 unspecified atom stereocenters. The molecule has 0 spiro atoms. The molecule has 2 aromatic heterocycles. The van der Waals surface area contributed by atoms with Crippen LogP contribution in [0.15, 0.2) is 29.4 Å². The number of thiophene rings is 1. The van der Waals surface area contributed by atoms with Crippen molar-refractivity contribution in [3.05, 3.63) is 51.7 Å². The van der Waals surface area contributed by atoms with Gasteiger partial charge in [0, 0.05) is 21.1 Å². The number of hydrogen-bond acceptors (Lipinski definition) is 9. The molecule has 1 aromatic carbocycles. The van der Waals surface area contributed by atoms with Gasteiger partial charge in [0.15, 0.2) is 11.0 Å². The van der Waals surface area contributed by atoms with E-state index in [2.05, 4.69) is 15.5 Å². The monoisotopic (exact) mass is 517 g/mol. The zero-order chi connectivity index (χ0) is 25.7. The molecule has 2 amide bonds. The number of nitrogens with zero attached hydrogens (tertiary/aromatic N) is 4. The Morgan fingerprint density at radius 2 is 1.94 bits per heavy atom. The first kappa shape index (κ1) is 26.2. The highest BCUT2D eigenvalue weighted by Gasteiger charge is 2.27. The van der Waals surface area contributed by atoms with E-state index in [9.17, 15) is 14.4 Å². The minimum absolute atomic E-state index is 0.0270. The van der Waals surface area contributed by atoms with Crippen LogP contribution in [-0.2, 0) is 23.2 Å². The maximum atomic E-state index is 12.7. The largest absolute Gasteiger partial charge is 0.486 e. The van der Waals surface area contributed by atoms with Crippen molar-refractivity contribution in [3.8, 4) is 5.75 Å². The number of carbonyl (C=O) groups is 3. The van der Waals surface area contributed by atoms with Crippen LogP contribution in [0.25, 0.3) is 0 Å². The maximum Gasteiger partial charge on any atom is 0.341 e. The summed E-state index contributed by atoms with van der Waals surface area (Å²) in [6.45, 7) is 3.88. The average Bonchev–Trinajstić information content (AvgIpc) is 3.34. The molecule has 0 aliphatic carbocycles. The van der Waals surface area contributed by atoms with Gasteiger partial charge in [0.05, 0.1) is 23.3 Å². The first-order valence-electron chi connectivity index (χ1n) is 10.6. The molecule has 2 heterocycles. The predicted molar refractivity (Wildman–Crippen MR) is 134 cm³/mol. The summed E-state index contributed by atoms with van der Waals surface area (Å²) >= 11 is 2.24. The topological polar surface area (TPSA) is 116 Å². The van der Waals surface area contributed by atoms with Gasteiger partial charge < -0.3 is 24.3 Å². The number of esters is 1. The standard InChI is InChI=1S/C23H27N5O5S2/c1-13-8-7-9-15(10-13)33-11-16-25-26-23(28(16)5)34-12-17(29)24-20-18(22(31)32-6)14(2)19(35-20)21(30)27(3)4/h7-10H,11-12H2,1-6H3,(H,24,29). The number of aryl methyl sites for hydroxylation is 1. The fraction of sp³-hybridized carbons (Fsp3) is 0.348. The van der Waals surface area contributed by atoms with Gasteiger partial charge in [-0.15, -0.1) is 21.5 Å². The first-order valence-corrected chi connectivity index (χ1v) is 12.4. The van der Waals surface area contributed by atoms with Crippen LogP contribution < -0.4 is 10.1 Å². The van der Waals surface area contributed by atoms with Crippen LogP contribution in [0, 0.1) is 13.8 Å². The van der Waals surface area contributed by atoms with Gasteiger partial charge in [0.2, 0.25) is 5.91 Å². The number of ether oxygens (including phenoxy) is 2. The Morgan fingerprint density at radius 1 is 1.20 bits per heavy atom. The van der Waals surface area contributed by atoms with Gasteiger partial charge >= 0.3 is 5.97 Å². The molecule has 0 bridgehead atoms. The number of nitrogens with one attached hydrogen (secondary N) is 1. The van der Waals surface area contributed by atoms with E-state index in [1.165, 1.54) is 23.8 Å². The molecular formula is C23H27N5O5S2. The average molecular weight is 518 g/mol. The third kappa shape index (κ3) is 6.20. The molecule has 186 valence electrons. The Balaban J connectivity index is 1.66. The number of anilines is 1. The molecule has 12 heteroatoms. The molecule has 0 fully saturated rings. The molecule has 0 aliphatic heterocycles. The quantitative estimate of drug-likeness (QED) is 0.340. The fourth-order valence-corrected chi connectivity index (χ4v) is 5.06. The molecule has 3 aromatic rings. The smallest absolute Gasteiger partial charge is 0.341 e. The lowest BCUT2D eigenvalue weighted by Gasteiger charge is -2.08. The number of methoxy groups -OCH3 is 1. The van der Waals surface area contributed by atoms with Crippen molar-refractivity contribution in [2.75, 3.05) is 32.3 Å². The molecule has 0 saturated carbocycles. The van der Waals surface area contributed by atoms with E-state index >= 15 is 0 Å². The molecular weight excluding hydrogens is 490 g/mol. The Kier molecular flexibility index (Phi) is 8.52. The highest BCUT2D eigenvalue weighted by Crippen LogP contribution is 2.34. The number of carbonyl (C=O) groups excluding carboxylic acids is 3. The van der Waals surface area contributed by atoms with Crippen molar-refractivity contribution in [1.82, 2.24) is 19.7 Å². The Labute approximate surface area is 211 Å². The molecule has 3 rings (SSSR count). The summed E-state index contributed by atoms with van der Waals surface area (Å²) in [6, 6.07) is 7.71. The lowest BCUT2D eigenvalue weighted by atomic mass is 10.1. The van der Waals surface area contributed by atoms with E-state index in [4.69, 9.17) is 9.47 Å². The van der Waals surface area contributed by atoms with Crippen molar-refractivity contribution in [2.24, 2.45) is 7.05 Å². The van der Waals surface area contributed by atoms with Gasteiger partial charge in [-0.2, -0.15) is 0 Å². The Bertz CT molecular complexity index is 1250.